The van der Waals surface area contributed by atoms with E-state index < -0.39 is 0 Å². The van der Waals surface area contributed by atoms with Crippen LogP contribution in [0.1, 0.15) is 5.56 Å². The largest absolute Gasteiger partial charge is 0.456 e. The monoisotopic (exact) mass is 314 g/mol. The molecule has 0 aliphatic heterocycles. The quantitative estimate of drug-likeness (QED) is 0.660. The topological polar surface area (TPSA) is 30.2 Å². The van der Waals surface area contributed by atoms with Gasteiger partial charge in [-0.2, -0.15) is 0 Å². The van der Waals surface area contributed by atoms with Crippen molar-refractivity contribution >= 4 is 26.9 Å². The second-order valence-electron chi connectivity index (χ2n) is 4.48. The van der Waals surface area contributed by atoms with Crippen molar-refractivity contribution in [3.05, 3.63) is 68.8 Å². The van der Waals surface area contributed by atoms with E-state index in [0.717, 1.165) is 15.6 Å². The molecule has 0 radical (unpaired) electrons. The van der Waals surface area contributed by atoms with E-state index in [1.54, 1.807) is 6.07 Å². The number of hydrogen-bond donors (Lipinski definition) is 0. The lowest BCUT2D eigenvalue weighted by Gasteiger charge is -2.04. The molecule has 1 aromatic heterocycles. The molecule has 0 aliphatic carbocycles. The van der Waals surface area contributed by atoms with Crippen molar-refractivity contribution < 1.29 is 4.42 Å². The van der Waals surface area contributed by atoms with Gasteiger partial charge in [0.15, 0.2) is 5.43 Å². The first-order valence-corrected chi connectivity index (χ1v) is 6.73. The average Bonchev–Trinajstić information content (AvgIpc) is 2.40. The smallest absolute Gasteiger partial charge is 0.193 e. The number of aryl methyl sites for hydroxylation is 1. The number of benzene rings is 2. The lowest BCUT2D eigenvalue weighted by molar-refractivity contribution is 0.619. The van der Waals surface area contributed by atoms with Gasteiger partial charge in [-0.15, -0.1) is 0 Å². The summed E-state index contributed by atoms with van der Waals surface area (Å²) in [4.78, 5) is 12.1. The molecule has 0 fully saturated rings. The maximum absolute atomic E-state index is 12.1. The van der Waals surface area contributed by atoms with Crippen molar-refractivity contribution in [2.75, 3.05) is 0 Å². The van der Waals surface area contributed by atoms with Crippen molar-refractivity contribution in [1.29, 1.82) is 0 Å². The first-order chi connectivity index (χ1) is 9.13. The van der Waals surface area contributed by atoms with E-state index in [1.807, 2.05) is 49.4 Å². The maximum Gasteiger partial charge on any atom is 0.193 e. The van der Waals surface area contributed by atoms with E-state index in [9.17, 15) is 4.79 Å². The molecule has 0 N–H and O–H groups in total. The van der Waals surface area contributed by atoms with Gasteiger partial charge in [0, 0.05) is 16.1 Å². The molecule has 1 heterocycles. The molecule has 3 heteroatoms. The Morgan fingerprint density at radius 2 is 1.74 bits per heavy atom. The minimum absolute atomic E-state index is 0.0112. The lowest BCUT2D eigenvalue weighted by Crippen LogP contribution is -2.00. The standard InChI is InChI=1S/C16H11BrO2/c1-10-2-7-15-13(8-10)14(18)9-16(19-15)11-3-5-12(17)6-4-11/h2-9H,1H3. The van der Waals surface area contributed by atoms with Gasteiger partial charge in [0.25, 0.3) is 0 Å². The minimum atomic E-state index is -0.0112. The number of rotatable bonds is 1. The first kappa shape index (κ1) is 12.2. The van der Waals surface area contributed by atoms with Crippen molar-refractivity contribution in [3.63, 3.8) is 0 Å². The van der Waals surface area contributed by atoms with Gasteiger partial charge in [-0.1, -0.05) is 39.7 Å². The Labute approximate surface area is 118 Å². The van der Waals surface area contributed by atoms with Crippen molar-refractivity contribution in [1.82, 2.24) is 0 Å². The van der Waals surface area contributed by atoms with E-state index in [-0.39, 0.29) is 5.43 Å². The maximum atomic E-state index is 12.1. The summed E-state index contributed by atoms with van der Waals surface area (Å²) in [7, 11) is 0. The Bertz CT molecular complexity index is 801. The van der Waals surface area contributed by atoms with Crippen LogP contribution < -0.4 is 5.43 Å². The number of hydrogen-bond acceptors (Lipinski definition) is 2. The number of fused-ring (bicyclic) bond motifs is 1. The summed E-state index contributed by atoms with van der Waals surface area (Å²) in [6, 6.07) is 14.9. The molecule has 0 saturated carbocycles. The molecule has 2 aromatic carbocycles. The van der Waals surface area contributed by atoms with Crippen LogP contribution in [0.4, 0.5) is 0 Å². The molecule has 0 spiro atoms. The summed E-state index contributed by atoms with van der Waals surface area (Å²) in [5, 5.41) is 0.626. The van der Waals surface area contributed by atoms with Gasteiger partial charge in [-0.3, -0.25) is 4.79 Å². The van der Waals surface area contributed by atoms with Crippen LogP contribution in [0.2, 0.25) is 0 Å². The minimum Gasteiger partial charge on any atom is -0.456 e. The molecule has 94 valence electrons. The van der Waals surface area contributed by atoms with E-state index in [0.29, 0.717) is 16.7 Å². The summed E-state index contributed by atoms with van der Waals surface area (Å²) >= 11 is 3.39. The molecule has 0 bridgehead atoms. The van der Waals surface area contributed by atoms with Gasteiger partial charge in [-0.05, 0) is 31.2 Å². The Balaban J connectivity index is 2.24. The molecule has 0 amide bonds. The summed E-state index contributed by atoms with van der Waals surface area (Å²) < 4.78 is 6.80. The third-order valence-electron chi connectivity index (χ3n) is 3.01. The molecule has 0 saturated heterocycles. The zero-order valence-corrected chi connectivity index (χ0v) is 11.9. The zero-order chi connectivity index (χ0) is 13.4. The van der Waals surface area contributed by atoms with Gasteiger partial charge < -0.3 is 4.42 Å². The lowest BCUT2D eigenvalue weighted by atomic mass is 10.1. The fourth-order valence-corrected chi connectivity index (χ4v) is 2.29. The Morgan fingerprint density at radius 3 is 2.47 bits per heavy atom. The van der Waals surface area contributed by atoms with Crippen LogP contribution in [0.5, 0.6) is 0 Å². The predicted molar refractivity (Wildman–Crippen MR) is 80.4 cm³/mol. The molecule has 0 atom stereocenters. The highest BCUT2D eigenvalue weighted by molar-refractivity contribution is 9.10. The van der Waals surface area contributed by atoms with Gasteiger partial charge in [-0.25, -0.2) is 0 Å². The van der Waals surface area contributed by atoms with E-state index in [2.05, 4.69) is 15.9 Å². The summed E-state index contributed by atoms with van der Waals surface area (Å²) in [5.74, 6) is 0.592. The summed E-state index contributed by atoms with van der Waals surface area (Å²) in [6.07, 6.45) is 0. The van der Waals surface area contributed by atoms with Crippen molar-refractivity contribution in [2.45, 2.75) is 6.92 Å². The molecule has 3 aromatic rings. The van der Waals surface area contributed by atoms with E-state index >= 15 is 0 Å². The van der Waals surface area contributed by atoms with Crippen LogP contribution in [0, 0.1) is 6.92 Å². The Kier molecular flexibility index (Phi) is 2.99. The van der Waals surface area contributed by atoms with E-state index in [4.69, 9.17) is 4.42 Å². The second kappa shape index (κ2) is 4.67. The fourth-order valence-electron chi connectivity index (χ4n) is 2.03. The molecule has 2 nitrogen and oxygen atoms in total. The third kappa shape index (κ3) is 2.34. The Morgan fingerprint density at radius 1 is 1.00 bits per heavy atom. The summed E-state index contributed by atoms with van der Waals surface area (Å²) in [6.45, 7) is 1.96. The van der Waals surface area contributed by atoms with Crippen LogP contribution in [-0.2, 0) is 0 Å². The number of halogens is 1. The average molecular weight is 315 g/mol. The molecule has 3 rings (SSSR count). The van der Waals surface area contributed by atoms with Gasteiger partial charge in [0.2, 0.25) is 0 Å². The molecule has 19 heavy (non-hydrogen) atoms. The van der Waals surface area contributed by atoms with Gasteiger partial charge in [0.1, 0.15) is 11.3 Å². The molecule has 0 aliphatic rings. The highest BCUT2D eigenvalue weighted by Gasteiger charge is 2.06. The van der Waals surface area contributed by atoms with Crippen molar-refractivity contribution in [3.8, 4) is 11.3 Å². The third-order valence-corrected chi connectivity index (χ3v) is 3.54. The molecular weight excluding hydrogens is 304 g/mol. The molecule has 0 unspecified atom stereocenters. The van der Waals surface area contributed by atoms with Crippen LogP contribution >= 0.6 is 15.9 Å². The highest BCUT2D eigenvalue weighted by Crippen LogP contribution is 2.24. The zero-order valence-electron chi connectivity index (χ0n) is 10.3. The normalized spacial score (nSPS) is 10.8. The fraction of sp³-hybridized carbons (Fsp3) is 0.0625. The van der Waals surface area contributed by atoms with Crippen molar-refractivity contribution in [2.24, 2.45) is 0 Å². The summed E-state index contributed by atoms with van der Waals surface area (Å²) in [5.41, 5.74) is 2.55. The van der Waals surface area contributed by atoms with Crippen LogP contribution in [0.15, 0.2) is 62.2 Å². The molecular formula is C16H11BrO2. The Hall–Kier alpha value is -1.87. The van der Waals surface area contributed by atoms with Gasteiger partial charge >= 0.3 is 0 Å². The van der Waals surface area contributed by atoms with Crippen LogP contribution in [0.25, 0.3) is 22.3 Å². The van der Waals surface area contributed by atoms with Gasteiger partial charge in [0.05, 0.1) is 5.39 Å². The van der Waals surface area contributed by atoms with Crippen LogP contribution in [0.3, 0.4) is 0 Å². The predicted octanol–water partition coefficient (Wildman–Crippen LogP) is 4.53. The highest BCUT2D eigenvalue weighted by atomic mass is 79.9. The van der Waals surface area contributed by atoms with Crippen LogP contribution in [-0.4, -0.2) is 0 Å². The second-order valence-corrected chi connectivity index (χ2v) is 5.40. The SMILES string of the molecule is Cc1ccc2oc(-c3ccc(Br)cc3)cc(=O)c2c1. The first-order valence-electron chi connectivity index (χ1n) is 5.94. The van der Waals surface area contributed by atoms with E-state index in [1.165, 1.54) is 0 Å².